The third kappa shape index (κ3) is 2.25. The third-order valence-electron chi connectivity index (χ3n) is 5.70. The average Bonchev–Trinajstić information content (AvgIpc) is 3.60. The van der Waals surface area contributed by atoms with Crippen LogP contribution in [0.25, 0.3) is 27.6 Å². The fourth-order valence-electron chi connectivity index (χ4n) is 4.04. The van der Waals surface area contributed by atoms with Crippen LogP contribution >= 0.6 is 0 Å². The fourth-order valence-corrected chi connectivity index (χ4v) is 4.04. The van der Waals surface area contributed by atoms with E-state index in [-0.39, 0.29) is 17.3 Å². The standard InChI is InChI=1S/C21H18FN5O/c1-26-10-14-13-9-15(22)17(11-4-5-11)24-20(13)27(21(28)19(14)25-26)16-3-2-8-23-18(16)12-6-7-12/h2-3,8-12H,4-7H2,1H3. The van der Waals surface area contributed by atoms with Crippen molar-refractivity contribution in [3.63, 3.8) is 0 Å². The van der Waals surface area contributed by atoms with Crippen molar-refractivity contribution in [2.75, 3.05) is 0 Å². The summed E-state index contributed by atoms with van der Waals surface area (Å²) in [5.41, 5.74) is 2.66. The first-order valence-corrected chi connectivity index (χ1v) is 9.65. The maximum Gasteiger partial charge on any atom is 0.285 e. The highest BCUT2D eigenvalue weighted by Crippen LogP contribution is 2.43. The minimum atomic E-state index is -0.307. The van der Waals surface area contributed by atoms with Crippen LogP contribution in [-0.4, -0.2) is 24.3 Å². The number of nitrogens with zero attached hydrogens (tertiary/aromatic N) is 5. The molecule has 2 aliphatic rings. The molecule has 0 N–H and O–H groups in total. The fraction of sp³-hybridized carbons (Fsp3) is 0.333. The predicted molar refractivity (Wildman–Crippen MR) is 103 cm³/mol. The summed E-state index contributed by atoms with van der Waals surface area (Å²) in [6.45, 7) is 0. The van der Waals surface area contributed by atoms with Crippen LogP contribution in [0, 0.1) is 5.82 Å². The van der Waals surface area contributed by atoms with Gasteiger partial charge >= 0.3 is 0 Å². The molecule has 4 aromatic rings. The van der Waals surface area contributed by atoms with Gasteiger partial charge in [-0.15, -0.1) is 0 Å². The Morgan fingerprint density at radius 1 is 1.11 bits per heavy atom. The van der Waals surface area contributed by atoms with E-state index in [0.29, 0.717) is 33.5 Å². The van der Waals surface area contributed by atoms with E-state index in [1.54, 1.807) is 28.7 Å². The Morgan fingerprint density at radius 2 is 1.86 bits per heavy atom. The zero-order chi connectivity index (χ0) is 19.0. The second kappa shape index (κ2) is 5.47. The van der Waals surface area contributed by atoms with Crippen molar-refractivity contribution in [2.24, 2.45) is 7.05 Å². The molecule has 0 amide bonds. The van der Waals surface area contributed by atoms with Crippen LogP contribution in [-0.2, 0) is 7.05 Å². The molecule has 0 spiro atoms. The maximum absolute atomic E-state index is 14.8. The molecule has 2 fully saturated rings. The summed E-state index contributed by atoms with van der Waals surface area (Å²) in [6.07, 6.45) is 7.53. The minimum absolute atomic E-state index is 0.148. The van der Waals surface area contributed by atoms with Gasteiger partial charge in [0.15, 0.2) is 5.52 Å². The van der Waals surface area contributed by atoms with Crippen LogP contribution < -0.4 is 5.56 Å². The van der Waals surface area contributed by atoms with Gasteiger partial charge in [-0.1, -0.05) is 0 Å². The quantitative estimate of drug-likeness (QED) is 0.549. The van der Waals surface area contributed by atoms with E-state index in [2.05, 4.69) is 15.1 Å². The summed E-state index contributed by atoms with van der Waals surface area (Å²) in [4.78, 5) is 22.7. The smallest absolute Gasteiger partial charge is 0.274 e. The van der Waals surface area contributed by atoms with Gasteiger partial charge in [-0.25, -0.2) is 9.37 Å². The topological polar surface area (TPSA) is 65.6 Å². The number of hydrogen-bond acceptors (Lipinski definition) is 4. The molecule has 4 aromatic heterocycles. The van der Waals surface area contributed by atoms with Gasteiger partial charge in [0.1, 0.15) is 11.5 Å². The first kappa shape index (κ1) is 15.9. The number of pyridine rings is 3. The lowest BCUT2D eigenvalue weighted by Gasteiger charge is -2.14. The van der Waals surface area contributed by atoms with Crippen LogP contribution in [0.5, 0.6) is 0 Å². The SMILES string of the molecule is Cn1cc2c(n1)c(=O)n(-c1cccnc1C1CC1)c1nc(C3CC3)c(F)cc21. The van der Waals surface area contributed by atoms with Crippen LogP contribution in [0.15, 0.2) is 35.4 Å². The molecule has 0 aromatic carbocycles. The largest absolute Gasteiger partial charge is 0.285 e. The number of fused-ring (bicyclic) bond motifs is 3. The van der Waals surface area contributed by atoms with Crippen LogP contribution in [0.2, 0.25) is 0 Å². The summed E-state index contributed by atoms with van der Waals surface area (Å²) in [6, 6.07) is 5.24. The van der Waals surface area contributed by atoms with Crippen molar-refractivity contribution in [2.45, 2.75) is 37.5 Å². The normalized spacial score (nSPS) is 16.9. The molecule has 7 heteroatoms. The van der Waals surface area contributed by atoms with E-state index in [1.807, 2.05) is 12.1 Å². The predicted octanol–water partition coefficient (Wildman–Crippen LogP) is 3.56. The summed E-state index contributed by atoms with van der Waals surface area (Å²) >= 11 is 0. The lowest BCUT2D eigenvalue weighted by molar-refractivity contribution is 0.603. The van der Waals surface area contributed by atoms with Gasteiger partial charge in [0.05, 0.1) is 17.1 Å². The highest BCUT2D eigenvalue weighted by Gasteiger charge is 2.32. The van der Waals surface area contributed by atoms with E-state index in [9.17, 15) is 9.18 Å². The Labute approximate surface area is 159 Å². The number of halogens is 1. The third-order valence-corrected chi connectivity index (χ3v) is 5.70. The van der Waals surface area contributed by atoms with Crippen molar-refractivity contribution < 1.29 is 4.39 Å². The molecule has 0 unspecified atom stereocenters. The van der Waals surface area contributed by atoms with Gasteiger partial charge in [0.25, 0.3) is 5.56 Å². The highest BCUT2D eigenvalue weighted by molar-refractivity contribution is 6.03. The second-order valence-electron chi connectivity index (χ2n) is 7.89. The summed E-state index contributed by atoms with van der Waals surface area (Å²) in [5.74, 6) is 0.203. The van der Waals surface area contributed by atoms with Gasteiger partial charge < -0.3 is 0 Å². The summed E-state index contributed by atoms with van der Waals surface area (Å²) in [7, 11) is 1.76. The zero-order valence-electron chi connectivity index (χ0n) is 15.4. The molecule has 4 heterocycles. The number of aromatic nitrogens is 5. The zero-order valence-corrected chi connectivity index (χ0v) is 15.4. The molecule has 0 atom stereocenters. The first-order valence-electron chi connectivity index (χ1n) is 9.65. The minimum Gasteiger partial charge on any atom is -0.274 e. The first-order chi connectivity index (χ1) is 13.6. The van der Waals surface area contributed by atoms with Gasteiger partial charge in [0, 0.05) is 42.0 Å². The van der Waals surface area contributed by atoms with Crippen LogP contribution in [0.3, 0.4) is 0 Å². The summed E-state index contributed by atoms with van der Waals surface area (Å²) < 4.78 is 18.0. The molecule has 2 aliphatic carbocycles. The van der Waals surface area contributed by atoms with Gasteiger partial charge in [-0.2, -0.15) is 5.10 Å². The lowest BCUT2D eigenvalue weighted by atomic mass is 10.1. The molecule has 0 aliphatic heterocycles. The molecule has 6 nitrogen and oxygen atoms in total. The lowest BCUT2D eigenvalue weighted by Crippen LogP contribution is -2.22. The Balaban J connectivity index is 1.79. The highest BCUT2D eigenvalue weighted by atomic mass is 19.1. The van der Waals surface area contributed by atoms with E-state index < -0.39 is 0 Å². The van der Waals surface area contributed by atoms with Crippen molar-refractivity contribution in [3.8, 4) is 5.69 Å². The molecule has 28 heavy (non-hydrogen) atoms. The monoisotopic (exact) mass is 375 g/mol. The molecular formula is C21H18FN5O. The second-order valence-corrected chi connectivity index (χ2v) is 7.89. The molecule has 0 saturated heterocycles. The van der Waals surface area contributed by atoms with Crippen molar-refractivity contribution in [3.05, 3.63) is 58.2 Å². The number of aryl methyl sites for hydroxylation is 1. The van der Waals surface area contributed by atoms with Crippen LogP contribution in [0.4, 0.5) is 4.39 Å². The molecule has 0 radical (unpaired) electrons. The van der Waals surface area contributed by atoms with E-state index in [4.69, 9.17) is 0 Å². The van der Waals surface area contributed by atoms with Crippen molar-refractivity contribution in [1.82, 2.24) is 24.3 Å². The van der Waals surface area contributed by atoms with Crippen molar-refractivity contribution in [1.29, 1.82) is 0 Å². The van der Waals surface area contributed by atoms with Gasteiger partial charge in [0.2, 0.25) is 0 Å². The number of rotatable bonds is 3. The maximum atomic E-state index is 14.8. The number of hydrogen-bond donors (Lipinski definition) is 0. The van der Waals surface area contributed by atoms with E-state index in [0.717, 1.165) is 37.1 Å². The summed E-state index contributed by atoms with van der Waals surface area (Å²) in [5, 5.41) is 5.59. The Hall–Kier alpha value is -3.09. The Kier molecular flexibility index (Phi) is 3.11. The van der Waals surface area contributed by atoms with Crippen molar-refractivity contribution >= 4 is 21.9 Å². The molecule has 6 rings (SSSR count). The van der Waals surface area contributed by atoms with Crippen LogP contribution in [0.1, 0.15) is 48.9 Å². The Bertz CT molecular complexity index is 1330. The van der Waals surface area contributed by atoms with E-state index in [1.165, 1.54) is 6.07 Å². The molecular weight excluding hydrogens is 357 g/mol. The average molecular weight is 375 g/mol. The van der Waals surface area contributed by atoms with Gasteiger partial charge in [-0.05, 0) is 43.9 Å². The Morgan fingerprint density at radius 3 is 2.61 bits per heavy atom. The van der Waals surface area contributed by atoms with E-state index >= 15 is 0 Å². The molecule has 0 bridgehead atoms. The van der Waals surface area contributed by atoms with Gasteiger partial charge in [-0.3, -0.25) is 19.0 Å². The molecule has 2 saturated carbocycles. The molecule has 140 valence electrons.